The molecular weight excluding hydrogens is 567 g/mol. The van der Waals surface area contributed by atoms with Crippen LogP contribution in [-0.2, 0) is 0 Å². The number of para-hydroxylation sites is 2. The van der Waals surface area contributed by atoms with Gasteiger partial charge in [-0.15, -0.1) is 0 Å². The molecule has 47 heavy (non-hydrogen) atoms. The van der Waals surface area contributed by atoms with Crippen molar-refractivity contribution in [2.75, 3.05) is 9.80 Å². The number of fused-ring (bicyclic) bond motifs is 6. The van der Waals surface area contributed by atoms with E-state index in [1.807, 2.05) is 0 Å². The van der Waals surface area contributed by atoms with Crippen LogP contribution in [0.5, 0.6) is 0 Å². The number of hydrogen-bond acceptors (Lipinski definition) is 2. The number of nitrogens with zero attached hydrogens (tertiary/aromatic N) is 2. The van der Waals surface area contributed by atoms with Gasteiger partial charge in [0.25, 0.3) is 6.71 Å². The van der Waals surface area contributed by atoms with Gasteiger partial charge < -0.3 is 9.80 Å². The highest BCUT2D eigenvalue weighted by Gasteiger charge is 2.43. The first-order chi connectivity index (χ1) is 23.3. The monoisotopic (exact) mass is 596 g/mol. The molecule has 0 bridgehead atoms. The Kier molecular flexibility index (Phi) is 5.70. The number of anilines is 6. The summed E-state index contributed by atoms with van der Waals surface area (Å²) in [6.45, 7) is 0.0592. The zero-order valence-electron chi connectivity index (χ0n) is 25.7. The lowest BCUT2D eigenvalue weighted by atomic mass is 9.33. The molecule has 3 heteroatoms. The van der Waals surface area contributed by atoms with Crippen molar-refractivity contribution >= 4 is 78.8 Å². The molecule has 8 aromatic carbocycles. The van der Waals surface area contributed by atoms with Crippen LogP contribution < -0.4 is 26.2 Å². The first-order valence-electron chi connectivity index (χ1n) is 16.3. The lowest BCUT2D eigenvalue weighted by molar-refractivity contribution is 1.26. The van der Waals surface area contributed by atoms with Gasteiger partial charge in [-0.25, -0.2) is 0 Å². The average molecular weight is 597 g/mol. The van der Waals surface area contributed by atoms with Crippen LogP contribution >= 0.6 is 0 Å². The number of rotatable bonds is 3. The minimum Gasteiger partial charge on any atom is -0.311 e. The van der Waals surface area contributed by atoms with Crippen LogP contribution in [0.2, 0.25) is 0 Å². The maximum absolute atomic E-state index is 2.50. The standard InChI is InChI=1S/C44H29BN2/c1-4-14-30(15-5-1)35-28-42-44-43(29-35)47(37-22-8-3-9-23-37)41-27-34-19-13-11-17-32(34)25-39(41)45(44)38-24-31-16-10-12-18-33(31)26-40(38)46(42)36-20-6-2-7-21-36/h1-29H. The first-order valence-corrected chi connectivity index (χ1v) is 16.3. The van der Waals surface area contributed by atoms with Gasteiger partial charge in [-0.3, -0.25) is 0 Å². The Labute approximate surface area is 274 Å². The highest BCUT2D eigenvalue weighted by atomic mass is 15.2. The second-order valence-electron chi connectivity index (χ2n) is 12.6. The molecule has 0 saturated heterocycles. The van der Waals surface area contributed by atoms with E-state index in [1.165, 1.54) is 71.8 Å². The number of benzene rings is 8. The summed E-state index contributed by atoms with van der Waals surface area (Å²) in [5.74, 6) is 0. The summed E-state index contributed by atoms with van der Waals surface area (Å²) < 4.78 is 0. The van der Waals surface area contributed by atoms with Crippen LogP contribution in [0.4, 0.5) is 34.1 Å². The fourth-order valence-corrected chi connectivity index (χ4v) is 7.88. The van der Waals surface area contributed by atoms with Crippen LogP contribution in [0.1, 0.15) is 0 Å². The van der Waals surface area contributed by atoms with Crippen molar-refractivity contribution in [1.82, 2.24) is 0 Å². The van der Waals surface area contributed by atoms with Gasteiger partial charge in [0, 0.05) is 34.1 Å². The van der Waals surface area contributed by atoms with E-state index in [0.717, 1.165) is 11.4 Å². The molecule has 10 rings (SSSR count). The molecule has 0 N–H and O–H groups in total. The van der Waals surface area contributed by atoms with E-state index in [4.69, 9.17) is 0 Å². The highest BCUT2D eigenvalue weighted by molar-refractivity contribution is 7.00. The van der Waals surface area contributed by atoms with Gasteiger partial charge in [-0.1, -0.05) is 127 Å². The van der Waals surface area contributed by atoms with Gasteiger partial charge in [0.05, 0.1) is 0 Å². The topological polar surface area (TPSA) is 6.48 Å². The van der Waals surface area contributed by atoms with Crippen molar-refractivity contribution in [2.24, 2.45) is 0 Å². The molecule has 0 spiro atoms. The highest BCUT2D eigenvalue weighted by Crippen LogP contribution is 2.46. The van der Waals surface area contributed by atoms with Crippen LogP contribution in [-0.4, -0.2) is 6.71 Å². The van der Waals surface area contributed by atoms with Crippen molar-refractivity contribution < 1.29 is 0 Å². The fourth-order valence-electron chi connectivity index (χ4n) is 7.88. The van der Waals surface area contributed by atoms with E-state index in [-0.39, 0.29) is 6.71 Å². The summed E-state index contributed by atoms with van der Waals surface area (Å²) in [5.41, 5.74) is 13.6. The zero-order chi connectivity index (χ0) is 30.9. The summed E-state index contributed by atoms with van der Waals surface area (Å²) >= 11 is 0. The molecule has 0 unspecified atom stereocenters. The maximum atomic E-state index is 2.50. The summed E-state index contributed by atoms with van der Waals surface area (Å²) in [7, 11) is 0. The van der Waals surface area contributed by atoms with E-state index < -0.39 is 0 Å². The lowest BCUT2D eigenvalue weighted by Gasteiger charge is -2.44. The third kappa shape index (κ3) is 4.00. The van der Waals surface area contributed by atoms with Gasteiger partial charge in [-0.2, -0.15) is 0 Å². The molecule has 0 saturated carbocycles. The average Bonchev–Trinajstić information content (AvgIpc) is 3.14. The van der Waals surface area contributed by atoms with Crippen molar-refractivity contribution in [3.63, 3.8) is 0 Å². The Morgan fingerprint density at radius 3 is 1.15 bits per heavy atom. The third-order valence-electron chi connectivity index (χ3n) is 9.94. The van der Waals surface area contributed by atoms with Crippen LogP contribution in [0.3, 0.4) is 0 Å². The van der Waals surface area contributed by atoms with Crippen LogP contribution in [0.25, 0.3) is 32.7 Å². The molecule has 2 nitrogen and oxygen atoms in total. The Hall–Kier alpha value is -6.06. The summed E-state index contributed by atoms with van der Waals surface area (Å²) in [6, 6.07) is 64.6. The smallest absolute Gasteiger partial charge is 0.252 e. The Bertz CT molecular complexity index is 2320. The molecule has 2 aliphatic rings. The second kappa shape index (κ2) is 10.2. The third-order valence-corrected chi connectivity index (χ3v) is 9.94. The van der Waals surface area contributed by atoms with Crippen LogP contribution in [0, 0.1) is 0 Å². The van der Waals surface area contributed by atoms with E-state index >= 15 is 0 Å². The van der Waals surface area contributed by atoms with Crippen molar-refractivity contribution in [3.05, 3.63) is 176 Å². The quantitative estimate of drug-likeness (QED) is 0.187. The zero-order valence-corrected chi connectivity index (χ0v) is 25.7. The lowest BCUT2D eigenvalue weighted by Crippen LogP contribution is -2.61. The summed E-state index contributed by atoms with van der Waals surface area (Å²) in [6.07, 6.45) is 0. The van der Waals surface area contributed by atoms with Gasteiger partial charge in [0.2, 0.25) is 0 Å². The van der Waals surface area contributed by atoms with E-state index in [2.05, 4.69) is 186 Å². The molecular formula is C44H29BN2. The molecule has 0 atom stereocenters. The van der Waals surface area contributed by atoms with E-state index in [9.17, 15) is 0 Å². The maximum Gasteiger partial charge on any atom is 0.252 e. The molecule has 0 fully saturated rings. The first kappa shape index (κ1) is 26.2. The summed E-state index contributed by atoms with van der Waals surface area (Å²) in [4.78, 5) is 5.00. The van der Waals surface area contributed by atoms with Crippen molar-refractivity contribution in [3.8, 4) is 11.1 Å². The van der Waals surface area contributed by atoms with Gasteiger partial charge in [0.1, 0.15) is 0 Å². The normalized spacial score (nSPS) is 13.0. The molecule has 0 aliphatic carbocycles. The Morgan fingerprint density at radius 1 is 0.319 bits per heavy atom. The fraction of sp³-hybridized carbons (Fsp3) is 0. The van der Waals surface area contributed by atoms with Gasteiger partial charge in [0.15, 0.2) is 0 Å². The molecule has 8 aromatic rings. The Balaban J connectivity index is 1.39. The molecule has 0 radical (unpaired) electrons. The predicted octanol–water partition coefficient (Wildman–Crippen LogP) is 9.74. The van der Waals surface area contributed by atoms with E-state index in [0.29, 0.717) is 0 Å². The van der Waals surface area contributed by atoms with Gasteiger partial charge >= 0.3 is 0 Å². The largest absolute Gasteiger partial charge is 0.311 e. The minimum absolute atomic E-state index is 0.0592. The molecule has 2 heterocycles. The SMILES string of the molecule is c1ccc(-c2cc3c4c(c2)N(c2ccccc2)c2cc5ccccc5cc2B4c2cc4ccccc4cc2N3c2ccccc2)cc1. The molecule has 0 amide bonds. The molecule has 0 aromatic heterocycles. The molecule has 2 aliphatic heterocycles. The summed E-state index contributed by atoms with van der Waals surface area (Å²) in [5, 5.41) is 5.02. The Morgan fingerprint density at radius 2 is 0.702 bits per heavy atom. The van der Waals surface area contributed by atoms with E-state index in [1.54, 1.807) is 0 Å². The van der Waals surface area contributed by atoms with Crippen molar-refractivity contribution in [1.29, 1.82) is 0 Å². The number of hydrogen-bond donors (Lipinski definition) is 0. The molecule has 218 valence electrons. The second-order valence-corrected chi connectivity index (χ2v) is 12.6. The predicted molar refractivity (Wildman–Crippen MR) is 201 cm³/mol. The van der Waals surface area contributed by atoms with Gasteiger partial charge in [-0.05, 0) is 97.6 Å². The van der Waals surface area contributed by atoms with Crippen LogP contribution in [0.15, 0.2) is 176 Å². The minimum atomic E-state index is 0.0592. The van der Waals surface area contributed by atoms with Crippen molar-refractivity contribution in [2.45, 2.75) is 0 Å².